The molecule has 2 heterocycles. The molecule has 1 unspecified atom stereocenters. The maximum Gasteiger partial charge on any atom is 0.322 e. The van der Waals surface area contributed by atoms with E-state index in [1.54, 1.807) is 23.1 Å². The number of aromatic nitrogens is 1. The number of H-pyrrole nitrogens is 1. The van der Waals surface area contributed by atoms with Gasteiger partial charge in [-0.1, -0.05) is 29.8 Å². The third-order valence-corrected chi connectivity index (χ3v) is 5.93. The normalized spacial score (nSPS) is 15.9. The number of aryl methyl sites for hydroxylation is 2. The number of ether oxygens (including phenoxy) is 1. The minimum atomic E-state index is -0.316. The summed E-state index contributed by atoms with van der Waals surface area (Å²) in [4.78, 5) is 30.5. The lowest BCUT2D eigenvalue weighted by atomic mass is 10.0. The van der Waals surface area contributed by atoms with Crippen LogP contribution < -0.4 is 10.9 Å². The van der Waals surface area contributed by atoms with Gasteiger partial charge in [0.15, 0.2) is 0 Å². The summed E-state index contributed by atoms with van der Waals surface area (Å²) < 4.78 is 5.74. The molecule has 0 aliphatic carbocycles. The van der Waals surface area contributed by atoms with Crippen molar-refractivity contribution in [2.75, 3.05) is 18.5 Å². The molecule has 3 aromatic rings. The predicted octanol–water partition coefficient (Wildman–Crippen LogP) is 5.01. The van der Waals surface area contributed by atoms with Crippen molar-refractivity contribution in [3.63, 3.8) is 0 Å². The van der Waals surface area contributed by atoms with Crippen molar-refractivity contribution in [3.8, 4) is 0 Å². The van der Waals surface area contributed by atoms with Crippen molar-refractivity contribution >= 4 is 34.2 Å². The number of rotatable bonds is 5. The zero-order chi connectivity index (χ0) is 22.0. The summed E-state index contributed by atoms with van der Waals surface area (Å²) in [7, 11) is 0. The smallest absolute Gasteiger partial charge is 0.322 e. The second kappa shape index (κ2) is 9.12. The van der Waals surface area contributed by atoms with E-state index in [0.29, 0.717) is 29.4 Å². The highest BCUT2D eigenvalue weighted by Gasteiger charge is 2.24. The van der Waals surface area contributed by atoms with E-state index in [9.17, 15) is 9.59 Å². The maximum atomic E-state index is 13.1. The molecule has 7 heteroatoms. The molecule has 1 aliphatic heterocycles. The molecule has 0 spiro atoms. The Bertz CT molecular complexity index is 1170. The van der Waals surface area contributed by atoms with Crippen molar-refractivity contribution in [1.82, 2.24) is 9.88 Å². The molecule has 1 aliphatic rings. The van der Waals surface area contributed by atoms with Crippen LogP contribution in [0.3, 0.4) is 0 Å². The fourth-order valence-electron chi connectivity index (χ4n) is 4.05. The number of hydrogen-bond acceptors (Lipinski definition) is 3. The Balaban J connectivity index is 1.64. The lowest BCUT2D eigenvalue weighted by Crippen LogP contribution is -2.40. The molecule has 2 amide bonds. The van der Waals surface area contributed by atoms with Gasteiger partial charge in [-0.25, -0.2) is 4.79 Å². The number of carbonyl (C=O) groups is 1. The molecule has 1 saturated heterocycles. The van der Waals surface area contributed by atoms with E-state index in [1.165, 1.54) is 0 Å². The number of amides is 2. The molecule has 1 aromatic heterocycles. The molecule has 0 radical (unpaired) electrons. The largest absolute Gasteiger partial charge is 0.376 e. The van der Waals surface area contributed by atoms with Gasteiger partial charge < -0.3 is 19.9 Å². The van der Waals surface area contributed by atoms with Gasteiger partial charge in [0.2, 0.25) is 0 Å². The van der Waals surface area contributed by atoms with Gasteiger partial charge in [-0.3, -0.25) is 4.79 Å². The summed E-state index contributed by atoms with van der Waals surface area (Å²) in [6.07, 6.45) is 1.82. The molecule has 0 bridgehead atoms. The highest BCUT2D eigenvalue weighted by atomic mass is 35.5. The average Bonchev–Trinajstić information content (AvgIpc) is 3.23. The summed E-state index contributed by atoms with van der Waals surface area (Å²) in [5.41, 5.74) is 3.85. The van der Waals surface area contributed by atoms with E-state index in [2.05, 4.69) is 16.4 Å². The van der Waals surface area contributed by atoms with E-state index in [4.69, 9.17) is 16.3 Å². The van der Waals surface area contributed by atoms with Gasteiger partial charge >= 0.3 is 6.03 Å². The number of carbonyl (C=O) groups excluding carboxylic acids is 1. The second-order valence-corrected chi connectivity index (χ2v) is 8.50. The molecule has 1 fully saturated rings. The third kappa shape index (κ3) is 4.92. The van der Waals surface area contributed by atoms with Gasteiger partial charge in [0, 0.05) is 29.6 Å². The van der Waals surface area contributed by atoms with E-state index in [1.807, 2.05) is 32.0 Å². The molecule has 0 saturated carbocycles. The van der Waals surface area contributed by atoms with E-state index < -0.39 is 0 Å². The summed E-state index contributed by atoms with van der Waals surface area (Å²) in [6, 6.07) is 12.7. The Hall–Kier alpha value is -2.83. The lowest BCUT2D eigenvalue weighted by Gasteiger charge is -2.26. The first kappa shape index (κ1) is 21.4. The van der Waals surface area contributed by atoms with Crippen LogP contribution in [0.1, 0.15) is 29.5 Å². The molecule has 6 nitrogen and oxygen atoms in total. The third-order valence-electron chi connectivity index (χ3n) is 5.60. The van der Waals surface area contributed by atoms with Crippen molar-refractivity contribution in [1.29, 1.82) is 0 Å². The molecule has 2 N–H and O–H groups in total. The van der Waals surface area contributed by atoms with Gasteiger partial charge in [0.1, 0.15) is 0 Å². The quantitative estimate of drug-likeness (QED) is 0.586. The lowest BCUT2D eigenvalue weighted by molar-refractivity contribution is 0.0818. The van der Waals surface area contributed by atoms with Crippen LogP contribution in [0.2, 0.25) is 5.02 Å². The highest BCUT2D eigenvalue weighted by molar-refractivity contribution is 6.33. The fourth-order valence-corrected chi connectivity index (χ4v) is 4.23. The number of aromatic amines is 1. The Morgan fingerprint density at radius 3 is 2.81 bits per heavy atom. The van der Waals surface area contributed by atoms with Crippen LogP contribution in [0.5, 0.6) is 0 Å². The Labute approximate surface area is 186 Å². The standard InChI is InChI=1S/C24H26ClN3O3/c1-15-10-16(2)19-12-17(23(29)26-22(19)11-15)13-28(14-18-6-5-9-31-18)24(30)27-21-8-4-3-7-20(21)25/h3-4,7-8,10-12,18H,5-6,9,13-14H2,1-2H3,(H,26,29)(H,27,30). The van der Waals surface area contributed by atoms with Gasteiger partial charge in [-0.2, -0.15) is 0 Å². The molecular formula is C24H26ClN3O3. The van der Waals surface area contributed by atoms with Crippen LogP contribution in [0.4, 0.5) is 10.5 Å². The summed E-state index contributed by atoms with van der Waals surface area (Å²) in [6.45, 7) is 5.29. The minimum absolute atomic E-state index is 0.0408. The number of fused-ring (bicyclic) bond motifs is 1. The van der Waals surface area contributed by atoms with Crippen LogP contribution in [0, 0.1) is 13.8 Å². The zero-order valence-electron chi connectivity index (χ0n) is 17.7. The molecule has 4 rings (SSSR count). The molecule has 162 valence electrons. The average molecular weight is 440 g/mol. The predicted molar refractivity (Wildman–Crippen MR) is 124 cm³/mol. The Kier molecular flexibility index (Phi) is 6.30. The summed E-state index contributed by atoms with van der Waals surface area (Å²) >= 11 is 6.21. The van der Waals surface area contributed by atoms with Crippen LogP contribution in [-0.2, 0) is 11.3 Å². The number of para-hydroxylation sites is 1. The van der Waals surface area contributed by atoms with Crippen molar-refractivity contribution in [3.05, 3.63) is 74.5 Å². The minimum Gasteiger partial charge on any atom is -0.376 e. The van der Waals surface area contributed by atoms with Crippen molar-refractivity contribution < 1.29 is 9.53 Å². The number of urea groups is 1. The Morgan fingerprint density at radius 1 is 1.26 bits per heavy atom. The first-order valence-corrected chi connectivity index (χ1v) is 10.8. The van der Waals surface area contributed by atoms with E-state index in [-0.39, 0.29) is 24.2 Å². The first-order chi connectivity index (χ1) is 14.9. The van der Waals surface area contributed by atoms with Crippen LogP contribution in [0.25, 0.3) is 10.9 Å². The van der Waals surface area contributed by atoms with E-state index in [0.717, 1.165) is 34.9 Å². The summed E-state index contributed by atoms with van der Waals surface area (Å²) in [5, 5.41) is 4.30. The van der Waals surface area contributed by atoms with Crippen LogP contribution in [0.15, 0.2) is 47.3 Å². The number of nitrogens with one attached hydrogen (secondary N) is 2. The van der Waals surface area contributed by atoms with Gasteiger partial charge in [0.25, 0.3) is 5.56 Å². The topological polar surface area (TPSA) is 74.4 Å². The number of pyridine rings is 1. The van der Waals surface area contributed by atoms with Gasteiger partial charge in [0.05, 0.1) is 23.4 Å². The van der Waals surface area contributed by atoms with Gasteiger partial charge in [-0.15, -0.1) is 0 Å². The Morgan fingerprint density at radius 2 is 2.06 bits per heavy atom. The molecular weight excluding hydrogens is 414 g/mol. The van der Waals surface area contributed by atoms with Crippen molar-refractivity contribution in [2.45, 2.75) is 39.3 Å². The van der Waals surface area contributed by atoms with Crippen molar-refractivity contribution in [2.24, 2.45) is 0 Å². The van der Waals surface area contributed by atoms with Crippen LogP contribution in [-0.4, -0.2) is 35.2 Å². The zero-order valence-corrected chi connectivity index (χ0v) is 18.5. The molecule has 31 heavy (non-hydrogen) atoms. The summed E-state index contributed by atoms with van der Waals surface area (Å²) in [5.74, 6) is 0. The number of nitrogens with zero attached hydrogens (tertiary/aromatic N) is 1. The number of hydrogen-bond donors (Lipinski definition) is 2. The number of benzene rings is 2. The fraction of sp³-hybridized carbons (Fsp3) is 0.333. The molecule has 2 aromatic carbocycles. The second-order valence-electron chi connectivity index (χ2n) is 8.09. The van der Waals surface area contributed by atoms with Crippen LogP contribution >= 0.6 is 11.6 Å². The SMILES string of the molecule is Cc1cc(C)c2cc(CN(CC3CCCO3)C(=O)Nc3ccccc3Cl)c(=O)[nH]c2c1. The number of halogens is 1. The highest BCUT2D eigenvalue weighted by Crippen LogP contribution is 2.23. The number of anilines is 1. The maximum absolute atomic E-state index is 13.1. The van der Waals surface area contributed by atoms with Gasteiger partial charge in [-0.05, 0) is 62.1 Å². The van der Waals surface area contributed by atoms with E-state index >= 15 is 0 Å². The molecule has 1 atom stereocenters. The first-order valence-electron chi connectivity index (χ1n) is 10.5. The monoisotopic (exact) mass is 439 g/mol.